The van der Waals surface area contributed by atoms with Gasteiger partial charge in [0.2, 0.25) is 6.20 Å². The molecule has 1 N–H and O–H groups in total. The maximum atomic E-state index is 11.0. The Morgan fingerprint density at radius 3 is 2.92 bits per heavy atom. The van der Waals surface area contributed by atoms with Crippen LogP contribution in [0.3, 0.4) is 0 Å². The van der Waals surface area contributed by atoms with E-state index in [0.717, 1.165) is 0 Å². The summed E-state index contributed by atoms with van der Waals surface area (Å²) in [6.45, 7) is 3.97. The highest BCUT2D eigenvalue weighted by atomic mass is 16.5. The SMILES string of the molecule is CCOc1c(C(C)=O)c[nH+]n1C. The lowest BCUT2D eigenvalue weighted by atomic mass is 10.2. The number of ether oxygens (including phenoxy) is 1. The van der Waals surface area contributed by atoms with Gasteiger partial charge in [0.05, 0.1) is 13.7 Å². The molecule has 0 aliphatic rings. The van der Waals surface area contributed by atoms with Crippen LogP contribution in [-0.4, -0.2) is 17.1 Å². The molecule has 0 radical (unpaired) electrons. The van der Waals surface area contributed by atoms with Gasteiger partial charge < -0.3 is 4.74 Å². The number of H-pyrrole nitrogens is 1. The summed E-state index contributed by atoms with van der Waals surface area (Å²) < 4.78 is 6.96. The first-order valence-corrected chi connectivity index (χ1v) is 3.88. The molecule has 0 fully saturated rings. The van der Waals surface area contributed by atoms with Crippen molar-refractivity contribution in [1.82, 2.24) is 4.68 Å². The number of aryl methyl sites for hydroxylation is 1. The normalized spacial score (nSPS) is 9.92. The van der Waals surface area contributed by atoms with Crippen LogP contribution in [0.15, 0.2) is 6.20 Å². The van der Waals surface area contributed by atoms with Crippen molar-refractivity contribution in [3.63, 3.8) is 0 Å². The van der Waals surface area contributed by atoms with E-state index in [4.69, 9.17) is 4.74 Å². The minimum atomic E-state index is 0.00954. The Balaban J connectivity index is 3.03. The average Bonchev–Trinajstić information content (AvgIpc) is 2.34. The predicted molar refractivity (Wildman–Crippen MR) is 43.1 cm³/mol. The van der Waals surface area contributed by atoms with Gasteiger partial charge in [0.15, 0.2) is 5.78 Å². The van der Waals surface area contributed by atoms with Crippen LogP contribution in [0.25, 0.3) is 0 Å². The largest absolute Gasteiger partial charge is 0.475 e. The lowest BCUT2D eigenvalue weighted by Crippen LogP contribution is -2.14. The number of nitrogens with one attached hydrogen (secondary N) is 1. The summed E-state index contributed by atoms with van der Waals surface area (Å²) in [7, 11) is 1.80. The average molecular weight is 169 g/mol. The van der Waals surface area contributed by atoms with Gasteiger partial charge in [-0.05, 0) is 13.8 Å². The zero-order valence-electron chi connectivity index (χ0n) is 7.55. The number of carbonyl (C=O) groups excluding carboxylic acids is 1. The second-order valence-corrected chi connectivity index (χ2v) is 2.54. The lowest BCUT2D eigenvalue weighted by molar-refractivity contribution is -0.486. The highest BCUT2D eigenvalue weighted by Crippen LogP contribution is 2.14. The second-order valence-electron chi connectivity index (χ2n) is 2.54. The van der Waals surface area contributed by atoms with Gasteiger partial charge in [0.25, 0.3) is 5.88 Å². The van der Waals surface area contributed by atoms with Gasteiger partial charge in [-0.2, -0.15) is 0 Å². The van der Waals surface area contributed by atoms with Gasteiger partial charge in [0.1, 0.15) is 5.56 Å². The number of aromatic amines is 1. The number of Topliss-reactive ketones (excluding diaryl/α,β-unsaturated/α-hetero) is 1. The fourth-order valence-corrected chi connectivity index (χ4v) is 1.03. The quantitative estimate of drug-likeness (QED) is 0.616. The molecule has 0 atom stereocenters. The predicted octanol–water partition coefficient (Wildman–Crippen LogP) is 0.440. The second kappa shape index (κ2) is 3.38. The molecule has 66 valence electrons. The van der Waals surface area contributed by atoms with Crippen LogP contribution < -0.4 is 9.84 Å². The number of hydrogen-bond acceptors (Lipinski definition) is 2. The van der Waals surface area contributed by atoms with E-state index in [0.29, 0.717) is 18.1 Å². The molecule has 0 aromatic carbocycles. The van der Waals surface area contributed by atoms with Crippen LogP contribution in [-0.2, 0) is 7.05 Å². The van der Waals surface area contributed by atoms with Crippen LogP contribution in [0.1, 0.15) is 24.2 Å². The van der Waals surface area contributed by atoms with Crippen molar-refractivity contribution in [2.45, 2.75) is 13.8 Å². The van der Waals surface area contributed by atoms with Gasteiger partial charge >= 0.3 is 0 Å². The number of rotatable bonds is 3. The molecular weight excluding hydrogens is 156 g/mol. The zero-order valence-corrected chi connectivity index (χ0v) is 7.55. The standard InChI is InChI=1S/C8H12N2O2/c1-4-12-8-7(6(2)11)5-9-10(8)3/h5H,4H2,1-3H3/p+1. The minimum Gasteiger partial charge on any atom is -0.475 e. The third-order valence-corrected chi connectivity index (χ3v) is 1.60. The van der Waals surface area contributed by atoms with Crippen molar-refractivity contribution >= 4 is 5.78 Å². The molecule has 1 aromatic rings. The Hall–Kier alpha value is -1.32. The summed E-state index contributed by atoms with van der Waals surface area (Å²) in [5, 5.41) is 2.87. The fraction of sp³-hybridized carbons (Fsp3) is 0.500. The smallest absolute Gasteiger partial charge is 0.263 e. The van der Waals surface area contributed by atoms with Crippen LogP contribution in [0.5, 0.6) is 5.88 Å². The van der Waals surface area contributed by atoms with E-state index < -0.39 is 0 Å². The fourth-order valence-electron chi connectivity index (χ4n) is 1.03. The topological polar surface area (TPSA) is 45.4 Å². The number of hydrogen-bond donors (Lipinski definition) is 0. The molecule has 0 aliphatic carbocycles. The third-order valence-electron chi connectivity index (χ3n) is 1.60. The van der Waals surface area contributed by atoms with Gasteiger partial charge in [-0.3, -0.25) is 4.79 Å². The lowest BCUT2D eigenvalue weighted by Gasteiger charge is -2.00. The summed E-state index contributed by atoms with van der Waals surface area (Å²) in [5.41, 5.74) is 0.597. The van der Waals surface area contributed by atoms with Crippen LogP contribution in [0.4, 0.5) is 0 Å². The van der Waals surface area contributed by atoms with Crippen molar-refractivity contribution in [2.24, 2.45) is 7.05 Å². The molecule has 1 rings (SSSR count). The summed E-state index contributed by atoms with van der Waals surface area (Å²) in [6, 6.07) is 0. The highest BCUT2D eigenvalue weighted by Gasteiger charge is 2.17. The Kier molecular flexibility index (Phi) is 2.47. The molecule has 0 aliphatic heterocycles. The molecule has 0 unspecified atom stereocenters. The molecule has 0 spiro atoms. The Morgan fingerprint density at radius 2 is 2.42 bits per heavy atom. The van der Waals surface area contributed by atoms with Gasteiger partial charge in [-0.15, -0.1) is 9.78 Å². The van der Waals surface area contributed by atoms with E-state index in [2.05, 4.69) is 5.10 Å². The van der Waals surface area contributed by atoms with E-state index in [9.17, 15) is 4.79 Å². The van der Waals surface area contributed by atoms with Crippen molar-refractivity contribution in [1.29, 1.82) is 0 Å². The first-order chi connectivity index (χ1) is 5.66. The highest BCUT2D eigenvalue weighted by molar-refractivity contribution is 5.95. The molecule has 1 aromatic heterocycles. The van der Waals surface area contributed by atoms with E-state index in [-0.39, 0.29) is 5.78 Å². The Morgan fingerprint density at radius 1 is 1.75 bits per heavy atom. The van der Waals surface area contributed by atoms with Crippen molar-refractivity contribution in [3.05, 3.63) is 11.8 Å². The maximum Gasteiger partial charge on any atom is 0.263 e. The number of ketones is 1. The summed E-state index contributed by atoms with van der Waals surface area (Å²) >= 11 is 0. The molecule has 0 bridgehead atoms. The third kappa shape index (κ3) is 1.47. The van der Waals surface area contributed by atoms with Gasteiger partial charge in [-0.25, -0.2) is 0 Å². The number of carbonyl (C=O) groups is 1. The van der Waals surface area contributed by atoms with E-state index in [1.165, 1.54) is 6.92 Å². The maximum absolute atomic E-state index is 11.0. The Labute approximate surface area is 71.1 Å². The molecule has 12 heavy (non-hydrogen) atoms. The van der Waals surface area contributed by atoms with Crippen molar-refractivity contribution in [2.75, 3.05) is 6.61 Å². The summed E-state index contributed by atoms with van der Waals surface area (Å²) in [5.74, 6) is 0.611. The first kappa shape index (κ1) is 8.77. The van der Waals surface area contributed by atoms with Gasteiger partial charge in [-0.1, -0.05) is 0 Å². The molecule has 0 saturated heterocycles. The van der Waals surface area contributed by atoms with Crippen LogP contribution in [0.2, 0.25) is 0 Å². The summed E-state index contributed by atoms with van der Waals surface area (Å²) in [6.07, 6.45) is 1.65. The molecule has 4 nitrogen and oxygen atoms in total. The monoisotopic (exact) mass is 169 g/mol. The molecular formula is C8H13N2O2+. The van der Waals surface area contributed by atoms with Gasteiger partial charge in [0, 0.05) is 0 Å². The first-order valence-electron chi connectivity index (χ1n) is 3.88. The molecule has 0 amide bonds. The molecule has 1 heterocycles. The Bertz CT molecular complexity index is 291. The zero-order chi connectivity index (χ0) is 9.14. The summed E-state index contributed by atoms with van der Waals surface area (Å²) in [4.78, 5) is 11.0. The number of aromatic nitrogens is 2. The van der Waals surface area contributed by atoms with Crippen molar-refractivity contribution in [3.8, 4) is 5.88 Å². The van der Waals surface area contributed by atoms with Crippen LogP contribution >= 0.6 is 0 Å². The minimum absolute atomic E-state index is 0.00954. The molecule has 4 heteroatoms. The number of nitrogens with zero attached hydrogens (tertiary/aromatic N) is 1. The van der Waals surface area contributed by atoms with E-state index >= 15 is 0 Å². The van der Waals surface area contributed by atoms with E-state index in [1.807, 2.05) is 6.92 Å². The van der Waals surface area contributed by atoms with E-state index in [1.54, 1.807) is 17.9 Å². The molecule has 0 saturated carbocycles. The van der Waals surface area contributed by atoms with Crippen LogP contribution in [0, 0.1) is 0 Å². The van der Waals surface area contributed by atoms with Crippen molar-refractivity contribution < 1.29 is 14.6 Å².